The molecule has 0 heterocycles. The first-order chi connectivity index (χ1) is 9.28. The lowest BCUT2D eigenvalue weighted by Gasteiger charge is -2.38. The van der Waals surface area contributed by atoms with Crippen LogP contribution in [0.25, 0.3) is 0 Å². The van der Waals surface area contributed by atoms with Crippen LogP contribution in [0.2, 0.25) is 0 Å². The van der Waals surface area contributed by atoms with Gasteiger partial charge >= 0.3 is 0 Å². The summed E-state index contributed by atoms with van der Waals surface area (Å²) < 4.78 is 10.9. The summed E-state index contributed by atoms with van der Waals surface area (Å²) in [5.74, 6) is 7.65. The van der Waals surface area contributed by atoms with Crippen LogP contribution in [0.1, 0.15) is 45.4 Å². The Morgan fingerprint density at radius 3 is 2.58 bits per heavy atom. The number of fused-ring (bicyclic) bond motifs is 9. The van der Waals surface area contributed by atoms with Crippen LogP contribution in [0.5, 0.6) is 0 Å². The normalized spacial score (nSPS) is 51.8. The summed E-state index contributed by atoms with van der Waals surface area (Å²) in [5.41, 5.74) is 0. The van der Waals surface area contributed by atoms with E-state index in [1.54, 1.807) is 32.8 Å². The van der Waals surface area contributed by atoms with Crippen LogP contribution < -0.4 is 0 Å². The van der Waals surface area contributed by atoms with E-state index in [2.05, 4.69) is 0 Å². The molecular weight excluding hydrogens is 236 g/mol. The van der Waals surface area contributed by atoms with Gasteiger partial charge in [-0.3, -0.25) is 0 Å². The van der Waals surface area contributed by atoms with Gasteiger partial charge in [-0.25, -0.2) is 0 Å². The van der Waals surface area contributed by atoms with Crippen molar-refractivity contribution in [2.24, 2.45) is 41.4 Å². The van der Waals surface area contributed by atoms with E-state index in [-0.39, 0.29) is 6.29 Å². The van der Waals surface area contributed by atoms with Gasteiger partial charge in [-0.05, 0) is 86.9 Å². The molecule has 108 valence electrons. The molecule has 2 nitrogen and oxygen atoms in total. The summed E-state index contributed by atoms with van der Waals surface area (Å²) in [7, 11) is 1.72. The van der Waals surface area contributed by atoms with Crippen LogP contribution in [0.15, 0.2) is 0 Å². The molecule has 4 aliphatic carbocycles. The number of ether oxygens (including phenoxy) is 2. The summed E-state index contributed by atoms with van der Waals surface area (Å²) >= 11 is 0. The van der Waals surface area contributed by atoms with Crippen molar-refractivity contribution in [3.63, 3.8) is 0 Å². The molecular formula is C17H28O2. The molecule has 8 atom stereocenters. The fourth-order valence-electron chi connectivity index (χ4n) is 6.49. The molecule has 0 saturated heterocycles. The Morgan fingerprint density at radius 2 is 1.79 bits per heavy atom. The van der Waals surface area contributed by atoms with Crippen LogP contribution in [-0.2, 0) is 9.47 Å². The summed E-state index contributed by atoms with van der Waals surface area (Å²) in [5, 5.41) is 0. The summed E-state index contributed by atoms with van der Waals surface area (Å²) in [6.45, 7) is 2.89. The Kier molecular flexibility index (Phi) is 3.15. The van der Waals surface area contributed by atoms with E-state index in [0.29, 0.717) is 0 Å². The summed E-state index contributed by atoms with van der Waals surface area (Å²) in [6.07, 6.45) is 9.02. The van der Waals surface area contributed by atoms with E-state index >= 15 is 0 Å². The van der Waals surface area contributed by atoms with Crippen LogP contribution >= 0.6 is 0 Å². The molecule has 0 N–H and O–H groups in total. The number of methoxy groups -OCH3 is 1. The van der Waals surface area contributed by atoms with Gasteiger partial charge in [-0.1, -0.05) is 0 Å². The Hall–Kier alpha value is -0.0800. The van der Waals surface area contributed by atoms with Crippen LogP contribution in [0.4, 0.5) is 0 Å². The van der Waals surface area contributed by atoms with Crippen molar-refractivity contribution in [2.75, 3.05) is 13.7 Å². The van der Waals surface area contributed by atoms with Crippen molar-refractivity contribution < 1.29 is 9.47 Å². The molecule has 0 aromatic rings. The number of hydrogen-bond donors (Lipinski definition) is 0. The van der Waals surface area contributed by atoms with E-state index in [9.17, 15) is 0 Å². The standard InChI is InChI=1S/C17H28O2/c1-10(18-2)19-6-5-11-7-14-9-15(11)17-13-4-3-12(8-13)16(14)17/h10-17H,3-9H2,1-2H3. The SMILES string of the molecule is COC(C)OCCC1CC2CC1C1C3CCC(C3)C21. The zero-order valence-corrected chi connectivity index (χ0v) is 12.4. The van der Waals surface area contributed by atoms with Gasteiger partial charge in [0.1, 0.15) is 0 Å². The van der Waals surface area contributed by atoms with E-state index in [0.717, 1.165) is 48.0 Å². The first-order valence-electron chi connectivity index (χ1n) is 8.42. The monoisotopic (exact) mass is 264 g/mol. The fourth-order valence-corrected chi connectivity index (χ4v) is 6.49. The molecule has 0 amide bonds. The second-order valence-electron chi connectivity index (χ2n) is 7.61. The lowest BCUT2D eigenvalue weighted by atomic mass is 9.67. The van der Waals surface area contributed by atoms with E-state index in [4.69, 9.17) is 9.47 Å². The van der Waals surface area contributed by atoms with E-state index in [1.165, 1.54) is 12.8 Å². The number of hydrogen-bond acceptors (Lipinski definition) is 2. The molecule has 4 aliphatic rings. The summed E-state index contributed by atoms with van der Waals surface area (Å²) in [4.78, 5) is 0. The molecule has 19 heavy (non-hydrogen) atoms. The van der Waals surface area contributed by atoms with Crippen molar-refractivity contribution in [3.05, 3.63) is 0 Å². The maximum Gasteiger partial charge on any atom is 0.154 e. The second-order valence-corrected chi connectivity index (χ2v) is 7.61. The summed E-state index contributed by atoms with van der Waals surface area (Å²) in [6, 6.07) is 0. The molecule has 4 saturated carbocycles. The van der Waals surface area contributed by atoms with Gasteiger partial charge < -0.3 is 9.47 Å². The Balaban J connectivity index is 1.35. The van der Waals surface area contributed by atoms with Crippen molar-refractivity contribution in [1.29, 1.82) is 0 Å². The third-order valence-electron chi connectivity index (χ3n) is 7.04. The molecule has 0 aromatic carbocycles. The van der Waals surface area contributed by atoms with Crippen LogP contribution in [-0.4, -0.2) is 20.0 Å². The molecule has 4 bridgehead atoms. The van der Waals surface area contributed by atoms with Gasteiger partial charge in [0.2, 0.25) is 0 Å². The average Bonchev–Trinajstić information content (AvgIpc) is 3.16. The van der Waals surface area contributed by atoms with Gasteiger partial charge in [0, 0.05) is 13.7 Å². The van der Waals surface area contributed by atoms with Crippen molar-refractivity contribution in [1.82, 2.24) is 0 Å². The predicted octanol–water partition coefficient (Wildman–Crippen LogP) is 3.70. The third-order valence-corrected chi connectivity index (χ3v) is 7.04. The zero-order chi connectivity index (χ0) is 13.0. The topological polar surface area (TPSA) is 18.5 Å². The first-order valence-corrected chi connectivity index (χ1v) is 8.42. The highest BCUT2D eigenvalue weighted by molar-refractivity contribution is 5.10. The molecule has 0 aromatic heterocycles. The minimum atomic E-state index is -0.0335. The first kappa shape index (κ1) is 12.6. The van der Waals surface area contributed by atoms with Crippen molar-refractivity contribution >= 4 is 0 Å². The maximum absolute atomic E-state index is 5.71. The van der Waals surface area contributed by atoms with Gasteiger partial charge in [-0.15, -0.1) is 0 Å². The lowest BCUT2D eigenvalue weighted by molar-refractivity contribution is -0.115. The van der Waals surface area contributed by atoms with Gasteiger partial charge in [0.25, 0.3) is 0 Å². The van der Waals surface area contributed by atoms with Gasteiger partial charge in [0.05, 0.1) is 0 Å². The molecule has 2 heteroatoms. The third kappa shape index (κ3) is 1.90. The number of rotatable bonds is 5. The minimum absolute atomic E-state index is 0.0335. The second kappa shape index (κ2) is 4.73. The van der Waals surface area contributed by atoms with E-state index < -0.39 is 0 Å². The van der Waals surface area contributed by atoms with E-state index in [1.807, 2.05) is 6.92 Å². The maximum atomic E-state index is 5.71. The van der Waals surface area contributed by atoms with Gasteiger partial charge in [-0.2, -0.15) is 0 Å². The largest absolute Gasteiger partial charge is 0.356 e. The zero-order valence-electron chi connectivity index (χ0n) is 12.4. The Morgan fingerprint density at radius 1 is 1.00 bits per heavy atom. The van der Waals surface area contributed by atoms with Gasteiger partial charge in [0.15, 0.2) is 6.29 Å². The average molecular weight is 264 g/mol. The van der Waals surface area contributed by atoms with Crippen LogP contribution in [0, 0.1) is 41.4 Å². The quantitative estimate of drug-likeness (QED) is 0.557. The Labute approximate surface area is 117 Å². The molecule has 4 fully saturated rings. The van der Waals surface area contributed by atoms with Crippen molar-refractivity contribution in [3.8, 4) is 0 Å². The highest BCUT2D eigenvalue weighted by Crippen LogP contribution is 2.69. The highest BCUT2D eigenvalue weighted by atomic mass is 16.7. The smallest absolute Gasteiger partial charge is 0.154 e. The van der Waals surface area contributed by atoms with Crippen LogP contribution in [0.3, 0.4) is 0 Å². The molecule has 0 radical (unpaired) electrons. The predicted molar refractivity (Wildman–Crippen MR) is 74.6 cm³/mol. The minimum Gasteiger partial charge on any atom is -0.356 e. The molecule has 0 spiro atoms. The molecule has 4 rings (SSSR count). The fraction of sp³-hybridized carbons (Fsp3) is 1.00. The van der Waals surface area contributed by atoms with Crippen molar-refractivity contribution in [2.45, 2.75) is 51.7 Å². The Bertz CT molecular complexity index is 342. The molecule has 0 aliphatic heterocycles. The highest BCUT2D eigenvalue weighted by Gasteiger charge is 2.61. The molecule has 8 unspecified atom stereocenters. The lowest BCUT2D eigenvalue weighted by Crippen LogP contribution is -2.33.